The number of anilines is 1. The molecule has 0 spiro atoms. The number of likely N-dealkylation sites (tertiary alicyclic amines) is 1. The van der Waals surface area contributed by atoms with Crippen molar-refractivity contribution in [3.63, 3.8) is 0 Å². The van der Waals surface area contributed by atoms with E-state index in [-0.39, 0.29) is 5.91 Å². The Balaban J connectivity index is 0.000000318. The number of carboxylic acids is 1. The van der Waals surface area contributed by atoms with Crippen LogP contribution >= 0.6 is 11.3 Å². The van der Waals surface area contributed by atoms with Gasteiger partial charge in [-0.25, -0.2) is 4.79 Å². The molecule has 30 heavy (non-hydrogen) atoms. The topological polar surface area (TPSA) is 86.6 Å². The Labute approximate surface area is 175 Å². The molecule has 0 radical (unpaired) electrons. The highest BCUT2D eigenvalue weighted by molar-refractivity contribution is 7.08. The van der Waals surface area contributed by atoms with Crippen molar-refractivity contribution in [3.8, 4) is 0 Å². The second kappa shape index (κ2) is 8.99. The van der Waals surface area contributed by atoms with Crippen molar-refractivity contribution in [3.05, 3.63) is 40.2 Å². The van der Waals surface area contributed by atoms with Gasteiger partial charge in [-0.15, -0.1) is 5.10 Å². The van der Waals surface area contributed by atoms with Crippen molar-refractivity contribution in [2.75, 3.05) is 31.1 Å². The van der Waals surface area contributed by atoms with Gasteiger partial charge < -0.3 is 14.9 Å². The molecule has 2 aromatic heterocycles. The van der Waals surface area contributed by atoms with Crippen LogP contribution in [0.5, 0.6) is 0 Å². The number of nitrogens with zero attached hydrogens (tertiary/aromatic N) is 4. The minimum absolute atomic E-state index is 0.183. The predicted molar refractivity (Wildman–Crippen MR) is 104 cm³/mol. The Hall–Kier alpha value is -2.69. The van der Waals surface area contributed by atoms with Gasteiger partial charge in [-0.1, -0.05) is 0 Å². The largest absolute Gasteiger partial charge is 0.490 e. The summed E-state index contributed by atoms with van der Waals surface area (Å²) in [6.45, 7) is 5.67. The number of hydrogen-bond acceptors (Lipinski definition) is 6. The zero-order valence-electron chi connectivity index (χ0n) is 16.2. The van der Waals surface area contributed by atoms with Gasteiger partial charge in [0.25, 0.3) is 5.91 Å². The lowest BCUT2D eigenvalue weighted by Gasteiger charge is -2.34. The van der Waals surface area contributed by atoms with Gasteiger partial charge in [0, 0.05) is 31.6 Å². The molecule has 4 rings (SSSR count). The molecular formula is C19H21F3N4O3S. The smallest absolute Gasteiger partial charge is 0.475 e. The molecule has 1 amide bonds. The van der Waals surface area contributed by atoms with Crippen molar-refractivity contribution in [1.82, 2.24) is 15.1 Å². The molecule has 1 N–H and O–H groups in total. The standard InChI is InChI=1S/C17H20N4OS.C2HF3O2/c1-12-2-3-16(19-18-12)20-6-4-13-8-21(10-15(13)9-20)17(22)14-5-7-23-11-14;3-2(4,5)1(6)7/h2-3,5,7,11,13,15H,4,6,8-10H2,1H3;(H,6,7)/t13-,15+;/m0./s1. The second-order valence-electron chi connectivity index (χ2n) is 7.31. The van der Waals surface area contributed by atoms with Crippen LogP contribution in [0.1, 0.15) is 22.5 Å². The summed E-state index contributed by atoms with van der Waals surface area (Å²) in [7, 11) is 0. The van der Waals surface area contributed by atoms with E-state index in [4.69, 9.17) is 9.90 Å². The Morgan fingerprint density at radius 1 is 1.13 bits per heavy atom. The van der Waals surface area contributed by atoms with Crippen LogP contribution in [0.2, 0.25) is 0 Å². The molecule has 0 saturated carbocycles. The maximum atomic E-state index is 12.5. The van der Waals surface area contributed by atoms with E-state index in [1.807, 2.05) is 40.8 Å². The molecular weight excluding hydrogens is 421 g/mol. The Morgan fingerprint density at radius 2 is 1.83 bits per heavy atom. The van der Waals surface area contributed by atoms with Crippen molar-refractivity contribution >= 4 is 29.0 Å². The van der Waals surface area contributed by atoms with Crippen LogP contribution in [0.25, 0.3) is 0 Å². The highest BCUT2D eigenvalue weighted by Gasteiger charge is 2.39. The Morgan fingerprint density at radius 3 is 2.40 bits per heavy atom. The number of carbonyl (C=O) groups is 2. The fourth-order valence-electron chi connectivity index (χ4n) is 3.67. The summed E-state index contributed by atoms with van der Waals surface area (Å²) in [4.78, 5) is 25.8. The normalized spacial score (nSPS) is 20.9. The summed E-state index contributed by atoms with van der Waals surface area (Å²) in [6.07, 6.45) is -3.96. The lowest BCUT2D eigenvalue weighted by molar-refractivity contribution is -0.192. The van der Waals surface area contributed by atoms with Gasteiger partial charge in [0.15, 0.2) is 5.82 Å². The van der Waals surface area contributed by atoms with Gasteiger partial charge in [-0.2, -0.15) is 29.6 Å². The quantitative estimate of drug-likeness (QED) is 0.769. The number of rotatable bonds is 2. The van der Waals surface area contributed by atoms with Crippen LogP contribution in [0.15, 0.2) is 29.0 Å². The van der Waals surface area contributed by atoms with E-state index in [0.717, 1.165) is 49.7 Å². The Bertz CT molecular complexity index is 874. The van der Waals surface area contributed by atoms with Crippen LogP contribution in [0.3, 0.4) is 0 Å². The fourth-order valence-corrected chi connectivity index (χ4v) is 4.30. The van der Waals surface area contributed by atoms with Gasteiger partial charge in [0.2, 0.25) is 0 Å². The summed E-state index contributed by atoms with van der Waals surface area (Å²) < 4.78 is 31.7. The summed E-state index contributed by atoms with van der Waals surface area (Å²) in [5.41, 5.74) is 1.77. The van der Waals surface area contributed by atoms with Gasteiger partial charge in [0.05, 0.1) is 11.3 Å². The molecule has 2 aliphatic heterocycles. The highest BCUT2D eigenvalue weighted by atomic mass is 32.1. The van der Waals surface area contributed by atoms with E-state index in [2.05, 4.69) is 15.1 Å². The third-order valence-electron chi connectivity index (χ3n) is 5.21. The van der Waals surface area contributed by atoms with E-state index in [9.17, 15) is 18.0 Å². The molecule has 0 bridgehead atoms. The van der Waals surface area contributed by atoms with Crippen molar-refractivity contribution in [1.29, 1.82) is 0 Å². The third kappa shape index (κ3) is 5.26. The summed E-state index contributed by atoms with van der Waals surface area (Å²) >= 11 is 1.58. The molecule has 0 unspecified atom stereocenters. The van der Waals surface area contributed by atoms with E-state index < -0.39 is 12.1 Å². The number of halogens is 3. The molecule has 11 heteroatoms. The SMILES string of the molecule is Cc1ccc(N2CC[C@H]3CN(C(=O)c4ccsc4)C[C@H]3C2)nn1.O=C(O)C(F)(F)F. The van der Waals surface area contributed by atoms with Crippen LogP contribution in [-0.4, -0.2) is 64.4 Å². The van der Waals surface area contributed by atoms with Crippen LogP contribution in [-0.2, 0) is 4.79 Å². The number of amides is 1. The maximum absolute atomic E-state index is 12.5. The molecule has 4 heterocycles. The molecule has 2 aliphatic rings. The summed E-state index contributed by atoms with van der Waals surface area (Å²) in [5, 5.41) is 19.5. The van der Waals surface area contributed by atoms with E-state index in [0.29, 0.717) is 11.8 Å². The summed E-state index contributed by atoms with van der Waals surface area (Å²) in [5.74, 6) is -0.465. The van der Waals surface area contributed by atoms with Gasteiger partial charge in [-0.05, 0) is 48.8 Å². The average Bonchev–Trinajstić information content (AvgIpc) is 3.37. The number of alkyl halides is 3. The monoisotopic (exact) mass is 442 g/mol. The van der Waals surface area contributed by atoms with E-state index in [1.54, 1.807) is 11.3 Å². The number of fused-ring (bicyclic) bond motifs is 1. The zero-order valence-corrected chi connectivity index (χ0v) is 17.0. The first-order chi connectivity index (χ1) is 14.1. The number of hydrogen-bond donors (Lipinski definition) is 1. The number of aromatic nitrogens is 2. The predicted octanol–water partition coefficient (Wildman–Crippen LogP) is 3.08. The molecule has 2 fully saturated rings. The molecule has 2 saturated heterocycles. The first-order valence-electron chi connectivity index (χ1n) is 9.32. The lowest BCUT2D eigenvalue weighted by Crippen LogP contribution is -2.40. The van der Waals surface area contributed by atoms with E-state index >= 15 is 0 Å². The van der Waals surface area contributed by atoms with Gasteiger partial charge in [-0.3, -0.25) is 4.79 Å². The average molecular weight is 442 g/mol. The molecule has 7 nitrogen and oxygen atoms in total. The molecule has 2 atom stereocenters. The summed E-state index contributed by atoms with van der Waals surface area (Å²) in [6, 6.07) is 5.98. The molecule has 2 aromatic rings. The number of carboxylic acid groups (broad SMARTS) is 1. The minimum atomic E-state index is -5.08. The molecule has 162 valence electrons. The lowest BCUT2D eigenvalue weighted by atomic mass is 9.89. The fraction of sp³-hybridized carbons (Fsp3) is 0.474. The number of aryl methyl sites for hydroxylation is 1. The number of piperidine rings is 1. The number of carbonyl (C=O) groups excluding carboxylic acids is 1. The zero-order chi connectivity index (χ0) is 21.9. The third-order valence-corrected chi connectivity index (χ3v) is 5.89. The van der Waals surface area contributed by atoms with Crippen LogP contribution in [0, 0.1) is 18.8 Å². The van der Waals surface area contributed by atoms with Gasteiger partial charge >= 0.3 is 12.1 Å². The van der Waals surface area contributed by atoms with Crippen molar-refractivity contribution < 1.29 is 27.9 Å². The Kier molecular flexibility index (Phi) is 6.59. The van der Waals surface area contributed by atoms with Gasteiger partial charge in [0.1, 0.15) is 0 Å². The van der Waals surface area contributed by atoms with Crippen molar-refractivity contribution in [2.45, 2.75) is 19.5 Å². The number of thiophene rings is 1. The maximum Gasteiger partial charge on any atom is 0.490 e. The number of aliphatic carboxylic acids is 1. The second-order valence-corrected chi connectivity index (χ2v) is 8.09. The first-order valence-corrected chi connectivity index (χ1v) is 10.3. The van der Waals surface area contributed by atoms with Crippen LogP contribution < -0.4 is 4.90 Å². The van der Waals surface area contributed by atoms with Crippen LogP contribution in [0.4, 0.5) is 19.0 Å². The molecule has 0 aliphatic carbocycles. The highest BCUT2D eigenvalue weighted by Crippen LogP contribution is 2.33. The van der Waals surface area contributed by atoms with Crippen molar-refractivity contribution in [2.24, 2.45) is 11.8 Å². The minimum Gasteiger partial charge on any atom is -0.475 e. The molecule has 0 aromatic carbocycles. The van der Waals surface area contributed by atoms with E-state index in [1.165, 1.54) is 0 Å². The first kappa shape index (κ1) is 22.0.